The van der Waals surface area contributed by atoms with Gasteiger partial charge in [-0.1, -0.05) is 5.87 Å². The lowest BCUT2D eigenvalue weighted by Gasteiger charge is -2.41. The van der Waals surface area contributed by atoms with Crippen LogP contribution in [0.1, 0.15) is 13.8 Å². The van der Waals surface area contributed by atoms with Gasteiger partial charge in [-0.05, 0) is 13.8 Å². The van der Waals surface area contributed by atoms with Gasteiger partial charge in [-0.2, -0.15) is 10.5 Å². The highest BCUT2D eigenvalue weighted by molar-refractivity contribution is 8.16. The molecule has 2 aliphatic heterocycles. The summed E-state index contributed by atoms with van der Waals surface area (Å²) in [5, 5.41) is 18.2. The minimum Gasteiger partial charge on any atom is -0.480 e. The SMILES string of the molecule is C=S1[C@@H]2[C@@H](O)C(=O)N2[C@@H](C(=O)O)C1(C)C. The van der Waals surface area contributed by atoms with Crippen molar-refractivity contribution in [2.75, 3.05) is 0 Å². The van der Waals surface area contributed by atoms with Gasteiger partial charge in [-0.25, -0.2) is 4.79 Å². The number of aliphatic hydroxyl groups excluding tert-OH is 1. The van der Waals surface area contributed by atoms with Gasteiger partial charge in [0.2, 0.25) is 0 Å². The number of hydrogen-bond acceptors (Lipinski definition) is 3. The van der Waals surface area contributed by atoms with E-state index in [9.17, 15) is 14.7 Å². The van der Waals surface area contributed by atoms with Crippen LogP contribution in [0.25, 0.3) is 0 Å². The van der Waals surface area contributed by atoms with Gasteiger partial charge < -0.3 is 15.1 Å². The lowest BCUT2D eigenvalue weighted by atomic mass is 9.97. The molecule has 0 radical (unpaired) electrons. The highest BCUT2D eigenvalue weighted by atomic mass is 32.2. The Bertz CT molecular complexity index is 378. The zero-order valence-corrected chi connectivity index (χ0v) is 9.32. The van der Waals surface area contributed by atoms with Gasteiger partial charge in [-0.15, -0.1) is 0 Å². The first-order chi connectivity index (χ1) is 6.80. The van der Waals surface area contributed by atoms with Gasteiger partial charge in [0, 0.05) is 4.75 Å². The summed E-state index contributed by atoms with van der Waals surface area (Å²) in [5.41, 5.74) is 0. The smallest absolute Gasteiger partial charge is 0.327 e. The number of amides is 1. The number of fused-ring (bicyclic) bond motifs is 1. The van der Waals surface area contributed by atoms with Crippen LogP contribution in [0.4, 0.5) is 0 Å². The minimum atomic E-state index is -1.06. The van der Waals surface area contributed by atoms with Gasteiger partial charge in [-0.3, -0.25) is 4.79 Å². The van der Waals surface area contributed by atoms with Gasteiger partial charge in [0.1, 0.15) is 11.4 Å². The average Bonchev–Trinajstić information content (AvgIpc) is 2.32. The Morgan fingerprint density at radius 3 is 2.60 bits per heavy atom. The molecule has 2 aliphatic rings. The molecule has 5 nitrogen and oxygen atoms in total. The fourth-order valence-electron chi connectivity index (χ4n) is 2.24. The molecule has 6 heteroatoms. The Balaban J connectivity index is 2.45. The number of carbonyl (C=O) groups excluding carboxylic acids is 1. The third-order valence-corrected chi connectivity index (χ3v) is 5.83. The molecule has 2 fully saturated rings. The van der Waals surface area contributed by atoms with E-state index in [2.05, 4.69) is 5.87 Å². The normalized spacial score (nSPS) is 42.3. The first kappa shape index (κ1) is 10.6. The molecular formula is C9H13NO4S. The Kier molecular flexibility index (Phi) is 2.00. The molecule has 0 aromatic carbocycles. The summed E-state index contributed by atoms with van der Waals surface area (Å²) in [6.45, 7) is 3.56. The van der Waals surface area contributed by atoms with E-state index >= 15 is 0 Å². The van der Waals surface area contributed by atoms with Crippen LogP contribution in [-0.4, -0.2) is 55.1 Å². The molecule has 1 amide bonds. The molecule has 0 bridgehead atoms. The maximum atomic E-state index is 11.4. The van der Waals surface area contributed by atoms with Gasteiger partial charge in [0.15, 0.2) is 6.10 Å². The molecule has 2 rings (SSSR count). The first-order valence-electron chi connectivity index (χ1n) is 4.56. The standard InChI is InChI=1S/C9H13NO4S/c1-9(2)5(8(13)14)10-6(12)4(11)7(10)15(9)3/h4-5,7,11H,3H2,1-2H3,(H,13,14)/t4-,5-,7+,15?/m0/s1. The Labute approximate surface area is 89.6 Å². The number of rotatable bonds is 1. The number of β-lactam (4-membered cyclic amide) rings is 1. The van der Waals surface area contributed by atoms with Crippen molar-refractivity contribution in [2.24, 2.45) is 0 Å². The second-order valence-corrected chi connectivity index (χ2v) is 6.75. The van der Waals surface area contributed by atoms with E-state index < -0.39 is 44.6 Å². The lowest BCUT2D eigenvalue weighted by molar-refractivity contribution is -0.169. The van der Waals surface area contributed by atoms with Crippen LogP contribution in [0.2, 0.25) is 0 Å². The first-order valence-corrected chi connectivity index (χ1v) is 6.01. The third-order valence-electron chi connectivity index (χ3n) is 3.19. The highest BCUT2D eigenvalue weighted by Gasteiger charge is 2.64. The van der Waals surface area contributed by atoms with E-state index in [1.807, 2.05) is 0 Å². The van der Waals surface area contributed by atoms with Crippen molar-refractivity contribution in [3.05, 3.63) is 0 Å². The summed E-state index contributed by atoms with van der Waals surface area (Å²) in [4.78, 5) is 23.8. The van der Waals surface area contributed by atoms with E-state index in [1.165, 1.54) is 4.90 Å². The monoisotopic (exact) mass is 231 g/mol. The van der Waals surface area contributed by atoms with E-state index in [1.54, 1.807) is 13.8 Å². The molecule has 0 aromatic rings. The number of aliphatic hydroxyl groups is 1. The predicted molar refractivity (Wildman–Crippen MR) is 56.9 cm³/mol. The molecular weight excluding hydrogens is 218 g/mol. The molecule has 0 aromatic heterocycles. The highest BCUT2D eigenvalue weighted by Crippen LogP contribution is 2.54. The predicted octanol–water partition coefficient (Wildman–Crippen LogP) is -0.538. The second kappa shape index (κ2) is 2.82. The van der Waals surface area contributed by atoms with E-state index in [4.69, 9.17) is 5.11 Å². The number of aliphatic carboxylic acids is 1. The van der Waals surface area contributed by atoms with Crippen molar-refractivity contribution in [2.45, 2.75) is 36.1 Å². The molecule has 2 saturated heterocycles. The largest absolute Gasteiger partial charge is 0.480 e. The summed E-state index contributed by atoms with van der Waals surface area (Å²) in [6, 6.07) is -0.862. The van der Waals surface area contributed by atoms with Crippen LogP contribution in [0, 0.1) is 0 Å². The molecule has 0 aliphatic carbocycles. The Hall–Kier alpha value is -0.880. The summed E-state index contributed by atoms with van der Waals surface area (Å²) in [6.07, 6.45) is -1.06. The van der Waals surface area contributed by atoms with Crippen LogP contribution in [0.5, 0.6) is 0 Å². The summed E-state index contributed by atoms with van der Waals surface area (Å²) >= 11 is 0. The Morgan fingerprint density at radius 1 is 1.60 bits per heavy atom. The van der Waals surface area contributed by atoms with Gasteiger partial charge >= 0.3 is 5.97 Å². The number of carbonyl (C=O) groups is 2. The van der Waals surface area contributed by atoms with Gasteiger partial charge in [0.25, 0.3) is 5.91 Å². The van der Waals surface area contributed by atoms with E-state index in [0.717, 1.165) is 0 Å². The molecule has 0 spiro atoms. The quantitative estimate of drug-likeness (QED) is 0.469. The number of carboxylic acids is 1. The lowest BCUT2D eigenvalue weighted by Crippen LogP contribution is -2.65. The van der Waals surface area contributed by atoms with Crippen molar-refractivity contribution in [1.29, 1.82) is 0 Å². The fourth-order valence-corrected chi connectivity index (χ4v) is 4.29. The van der Waals surface area contributed by atoms with Crippen LogP contribution < -0.4 is 0 Å². The average molecular weight is 231 g/mol. The third kappa shape index (κ3) is 1.06. The zero-order valence-electron chi connectivity index (χ0n) is 8.51. The molecule has 84 valence electrons. The number of carboxylic acid groups (broad SMARTS) is 1. The van der Waals surface area contributed by atoms with Crippen molar-refractivity contribution in [1.82, 2.24) is 4.90 Å². The zero-order chi connectivity index (χ0) is 11.5. The molecule has 4 atom stereocenters. The summed E-state index contributed by atoms with van der Waals surface area (Å²) in [5.74, 6) is 2.39. The summed E-state index contributed by atoms with van der Waals surface area (Å²) in [7, 11) is -0.548. The van der Waals surface area contributed by atoms with Crippen molar-refractivity contribution >= 4 is 28.2 Å². The van der Waals surface area contributed by atoms with Crippen LogP contribution >= 0.6 is 10.5 Å². The van der Waals surface area contributed by atoms with Crippen LogP contribution in [-0.2, 0) is 9.59 Å². The maximum Gasteiger partial charge on any atom is 0.327 e. The minimum absolute atomic E-state index is 0.409. The molecule has 2 N–H and O–H groups in total. The molecule has 0 saturated carbocycles. The van der Waals surface area contributed by atoms with E-state index in [-0.39, 0.29) is 0 Å². The van der Waals surface area contributed by atoms with Crippen molar-refractivity contribution in [3.8, 4) is 0 Å². The maximum absolute atomic E-state index is 11.4. The topological polar surface area (TPSA) is 77.8 Å². The molecule has 1 unspecified atom stereocenters. The molecule has 2 heterocycles. The van der Waals surface area contributed by atoms with Gasteiger partial charge in [0.05, 0.1) is 0 Å². The Morgan fingerprint density at radius 2 is 2.13 bits per heavy atom. The fraction of sp³-hybridized carbons (Fsp3) is 0.667. The van der Waals surface area contributed by atoms with Crippen molar-refractivity contribution < 1.29 is 19.8 Å². The van der Waals surface area contributed by atoms with E-state index in [0.29, 0.717) is 0 Å². The summed E-state index contributed by atoms with van der Waals surface area (Å²) < 4.78 is -0.580. The van der Waals surface area contributed by atoms with Crippen LogP contribution in [0.3, 0.4) is 0 Å². The van der Waals surface area contributed by atoms with Crippen molar-refractivity contribution in [3.63, 3.8) is 0 Å². The number of hydrogen-bond donors (Lipinski definition) is 2. The van der Waals surface area contributed by atoms with Crippen LogP contribution in [0.15, 0.2) is 0 Å². The molecule has 15 heavy (non-hydrogen) atoms. The second-order valence-electron chi connectivity index (χ2n) is 4.35. The number of nitrogens with zero attached hydrogens (tertiary/aromatic N) is 1.